The molecule has 0 aromatic carbocycles. The van der Waals surface area contributed by atoms with Crippen LogP contribution in [-0.4, -0.2) is 30.4 Å². The van der Waals surface area contributed by atoms with Crippen LogP contribution in [0, 0.1) is 0 Å². The zero-order chi connectivity index (χ0) is 25.8. The van der Waals surface area contributed by atoms with Gasteiger partial charge < -0.3 is 9.47 Å². The van der Waals surface area contributed by atoms with Gasteiger partial charge in [0, 0.05) is 18.6 Å². The van der Waals surface area contributed by atoms with E-state index >= 15 is 0 Å². The SMILES string of the molecule is CCCCCCCCCCCCCCC(=O)O[C@@H](CS)COC(=O)CCCCCCCCCCC. The monoisotopic (exact) mass is 514 g/mol. The average Bonchev–Trinajstić information content (AvgIpc) is 2.86. The molecular weight excluding hydrogens is 456 g/mol. The molecule has 1 atom stereocenters. The molecule has 0 bridgehead atoms. The molecule has 35 heavy (non-hydrogen) atoms. The highest BCUT2D eigenvalue weighted by molar-refractivity contribution is 7.80. The van der Waals surface area contributed by atoms with Gasteiger partial charge in [-0.05, 0) is 12.8 Å². The predicted molar refractivity (Wildman–Crippen MR) is 152 cm³/mol. The van der Waals surface area contributed by atoms with Gasteiger partial charge in [0.2, 0.25) is 0 Å². The summed E-state index contributed by atoms with van der Waals surface area (Å²) in [5, 5.41) is 0. The standard InChI is InChI=1S/C30H58O4S/c1-3-5-7-9-11-13-14-15-17-19-21-23-25-30(32)34-28(27-35)26-33-29(31)24-22-20-18-16-12-10-8-6-4-2/h28,35H,3-27H2,1-2H3/t28-/m1/s1. The summed E-state index contributed by atoms with van der Waals surface area (Å²) in [6.45, 7) is 4.61. The van der Waals surface area contributed by atoms with Crippen LogP contribution in [0.2, 0.25) is 0 Å². The van der Waals surface area contributed by atoms with Gasteiger partial charge in [0.05, 0.1) is 0 Å². The second kappa shape index (κ2) is 27.9. The smallest absolute Gasteiger partial charge is 0.306 e. The Bertz CT molecular complexity index is 469. The first-order valence-corrected chi connectivity index (χ1v) is 15.7. The van der Waals surface area contributed by atoms with Crippen LogP contribution in [0.25, 0.3) is 0 Å². The van der Waals surface area contributed by atoms with Crippen molar-refractivity contribution in [1.82, 2.24) is 0 Å². The number of esters is 2. The van der Waals surface area contributed by atoms with E-state index in [1.807, 2.05) is 0 Å². The van der Waals surface area contributed by atoms with Crippen LogP contribution in [0.5, 0.6) is 0 Å². The second-order valence-electron chi connectivity index (χ2n) is 10.2. The van der Waals surface area contributed by atoms with Crippen molar-refractivity contribution in [2.75, 3.05) is 12.4 Å². The summed E-state index contributed by atoms with van der Waals surface area (Å²) in [6, 6.07) is 0. The van der Waals surface area contributed by atoms with Gasteiger partial charge in [0.1, 0.15) is 12.7 Å². The van der Waals surface area contributed by atoms with Crippen molar-refractivity contribution in [1.29, 1.82) is 0 Å². The van der Waals surface area contributed by atoms with Gasteiger partial charge in [-0.25, -0.2) is 0 Å². The molecule has 0 aromatic rings. The molecule has 0 saturated carbocycles. The van der Waals surface area contributed by atoms with E-state index in [0.717, 1.165) is 25.7 Å². The number of carbonyl (C=O) groups is 2. The lowest BCUT2D eigenvalue weighted by Gasteiger charge is -2.16. The molecule has 0 aromatic heterocycles. The molecule has 0 amide bonds. The lowest BCUT2D eigenvalue weighted by molar-refractivity contribution is -0.157. The molecule has 0 aliphatic rings. The first-order valence-electron chi connectivity index (χ1n) is 15.1. The quantitative estimate of drug-likeness (QED) is 0.0674. The Morgan fingerprint density at radius 1 is 0.543 bits per heavy atom. The Labute approximate surface area is 223 Å². The fraction of sp³-hybridized carbons (Fsp3) is 0.933. The van der Waals surface area contributed by atoms with Crippen molar-refractivity contribution in [3.05, 3.63) is 0 Å². The molecule has 0 N–H and O–H groups in total. The van der Waals surface area contributed by atoms with Gasteiger partial charge in [0.25, 0.3) is 0 Å². The number of thiol groups is 1. The Kier molecular flexibility index (Phi) is 27.3. The number of carbonyl (C=O) groups excluding carboxylic acids is 2. The van der Waals surface area contributed by atoms with Crippen molar-refractivity contribution in [3.63, 3.8) is 0 Å². The largest absolute Gasteiger partial charge is 0.462 e. The highest BCUT2D eigenvalue weighted by Crippen LogP contribution is 2.14. The van der Waals surface area contributed by atoms with Crippen molar-refractivity contribution < 1.29 is 19.1 Å². The van der Waals surface area contributed by atoms with Gasteiger partial charge in [-0.1, -0.05) is 136 Å². The normalized spacial score (nSPS) is 12.0. The van der Waals surface area contributed by atoms with Crippen LogP contribution < -0.4 is 0 Å². The van der Waals surface area contributed by atoms with Gasteiger partial charge in [0.15, 0.2) is 0 Å². The molecule has 0 radical (unpaired) electrons. The maximum atomic E-state index is 12.1. The van der Waals surface area contributed by atoms with E-state index in [4.69, 9.17) is 9.47 Å². The van der Waals surface area contributed by atoms with E-state index in [2.05, 4.69) is 26.5 Å². The number of unbranched alkanes of at least 4 members (excludes halogenated alkanes) is 19. The maximum Gasteiger partial charge on any atom is 0.306 e. The minimum absolute atomic E-state index is 0.115. The minimum atomic E-state index is -0.449. The predicted octanol–water partition coefficient (Wildman–Crippen LogP) is 9.38. The fourth-order valence-electron chi connectivity index (χ4n) is 4.32. The summed E-state index contributed by atoms with van der Waals surface area (Å²) in [7, 11) is 0. The summed E-state index contributed by atoms with van der Waals surface area (Å²) in [5.41, 5.74) is 0. The molecule has 0 spiro atoms. The number of hydrogen-bond acceptors (Lipinski definition) is 5. The number of rotatable bonds is 27. The Hall–Kier alpha value is -0.710. The van der Waals surface area contributed by atoms with Crippen LogP contribution in [0.3, 0.4) is 0 Å². The summed E-state index contributed by atoms with van der Waals surface area (Å²) < 4.78 is 10.8. The minimum Gasteiger partial charge on any atom is -0.462 e. The van der Waals surface area contributed by atoms with Crippen molar-refractivity contribution >= 4 is 24.6 Å². The molecule has 4 nitrogen and oxygen atoms in total. The van der Waals surface area contributed by atoms with Crippen LogP contribution in [0.1, 0.15) is 162 Å². The van der Waals surface area contributed by atoms with E-state index < -0.39 is 6.10 Å². The highest BCUT2D eigenvalue weighted by atomic mass is 32.1. The Balaban J connectivity index is 3.57. The third-order valence-electron chi connectivity index (χ3n) is 6.65. The summed E-state index contributed by atoms with van der Waals surface area (Å²) >= 11 is 4.25. The van der Waals surface area contributed by atoms with Crippen molar-refractivity contribution in [3.8, 4) is 0 Å². The highest BCUT2D eigenvalue weighted by Gasteiger charge is 2.15. The van der Waals surface area contributed by atoms with E-state index in [1.54, 1.807) is 0 Å². The van der Waals surface area contributed by atoms with Crippen LogP contribution in [0.4, 0.5) is 0 Å². The van der Waals surface area contributed by atoms with Crippen LogP contribution in [-0.2, 0) is 19.1 Å². The third-order valence-corrected chi connectivity index (χ3v) is 7.06. The number of hydrogen-bond donors (Lipinski definition) is 1. The topological polar surface area (TPSA) is 52.6 Å². The number of ether oxygens (including phenoxy) is 2. The van der Waals surface area contributed by atoms with E-state index in [0.29, 0.717) is 18.6 Å². The molecule has 5 heteroatoms. The third kappa shape index (κ3) is 26.2. The fourth-order valence-corrected chi connectivity index (χ4v) is 4.50. The molecule has 0 saturated heterocycles. The Morgan fingerprint density at radius 2 is 0.886 bits per heavy atom. The first-order chi connectivity index (χ1) is 17.1. The van der Waals surface area contributed by atoms with Crippen molar-refractivity contribution in [2.45, 2.75) is 168 Å². The summed E-state index contributed by atoms with van der Waals surface area (Å²) in [6.07, 6.45) is 26.7. The zero-order valence-electron chi connectivity index (χ0n) is 23.3. The van der Waals surface area contributed by atoms with E-state index in [9.17, 15) is 9.59 Å². The molecular formula is C30H58O4S. The van der Waals surface area contributed by atoms with E-state index in [-0.39, 0.29) is 18.5 Å². The molecule has 0 unspecified atom stereocenters. The van der Waals surface area contributed by atoms with Gasteiger partial charge in [-0.15, -0.1) is 0 Å². The summed E-state index contributed by atoms with van der Waals surface area (Å²) in [4.78, 5) is 24.1. The van der Waals surface area contributed by atoms with Crippen LogP contribution >= 0.6 is 12.6 Å². The van der Waals surface area contributed by atoms with Gasteiger partial charge >= 0.3 is 11.9 Å². The maximum absolute atomic E-state index is 12.1. The second-order valence-corrected chi connectivity index (χ2v) is 10.6. The van der Waals surface area contributed by atoms with Gasteiger partial charge in [-0.3, -0.25) is 9.59 Å². The molecule has 0 fully saturated rings. The Morgan fingerprint density at radius 3 is 1.26 bits per heavy atom. The molecule has 0 aliphatic carbocycles. The van der Waals surface area contributed by atoms with Crippen LogP contribution in [0.15, 0.2) is 0 Å². The first kappa shape index (κ1) is 34.3. The molecule has 208 valence electrons. The molecule has 0 heterocycles. The zero-order valence-corrected chi connectivity index (χ0v) is 24.2. The lowest BCUT2D eigenvalue weighted by atomic mass is 10.0. The lowest BCUT2D eigenvalue weighted by Crippen LogP contribution is -2.26. The van der Waals surface area contributed by atoms with Crippen molar-refractivity contribution in [2.24, 2.45) is 0 Å². The van der Waals surface area contributed by atoms with E-state index in [1.165, 1.54) is 109 Å². The summed E-state index contributed by atoms with van der Waals surface area (Å²) in [5.74, 6) is -0.0296. The molecule has 0 aliphatic heterocycles. The average molecular weight is 515 g/mol. The molecule has 0 rings (SSSR count). The van der Waals surface area contributed by atoms with Gasteiger partial charge in [-0.2, -0.15) is 12.6 Å².